The number of benzene rings is 1. The predicted octanol–water partition coefficient (Wildman–Crippen LogP) is 2.23. The first-order valence-corrected chi connectivity index (χ1v) is 10.0. The number of piperazine rings is 1. The number of carbonyl (C=O) groups excluding carboxylic acids is 2. The number of carbonyl (C=O) groups is 2. The smallest absolute Gasteiger partial charge is 0.251 e. The van der Waals surface area contributed by atoms with Crippen molar-refractivity contribution in [3.63, 3.8) is 0 Å². The van der Waals surface area contributed by atoms with Gasteiger partial charge in [0.05, 0.1) is 11.9 Å². The highest BCUT2D eigenvalue weighted by Crippen LogP contribution is 2.17. The van der Waals surface area contributed by atoms with E-state index in [4.69, 9.17) is 0 Å². The lowest BCUT2D eigenvalue weighted by atomic mass is 10.0. The highest BCUT2D eigenvalue weighted by atomic mass is 16.2. The van der Waals surface area contributed by atoms with Gasteiger partial charge < -0.3 is 20.4 Å². The van der Waals surface area contributed by atoms with Crippen LogP contribution in [0.15, 0.2) is 48.7 Å². The summed E-state index contributed by atoms with van der Waals surface area (Å²) in [6, 6.07) is 12.0. The molecule has 1 aromatic carbocycles. The second-order valence-corrected chi connectivity index (χ2v) is 7.75. The number of nitrogens with one attached hydrogen (secondary N) is 2. The van der Waals surface area contributed by atoms with E-state index in [1.165, 1.54) is 0 Å². The Labute approximate surface area is 172 Å². The quantitative estimate of drug-likeness (QED) is 0.784. The average Bonchev–Trinajstić information content (AvgIpc) is 2.73. The molecule has 7 heteroatoms. The first-order valence-electron chi connectivity index (χ1n) is 10.0. The van der Waals surface area contributed by atoms with Crippen LogP contribution < -0.4 is 15.5 Å². The molecule has 29 heavy (non-hydrogen) atoms. The molecule has 1 atom stereocenters. The number of pyridine rings is 1. The third-order valence-corrected chi connectivity index (χ3v) is 5.11. The summed E-state index contributed by atoms with van der Waals surface area (Å²) in [5.41, 5.74) is 1.15. The zero-order valence-electron chi connectivity index (χ0n) is 17.3. The lowest BCUT2D eigenvalue weighted by molar-refractivity contribution is -0.118. The zero-order chi connectivity index (χ0) is 20.8. The van der Waals surface area contributed by atoms with Crippen LogP contribution in [-0.2, 0) is 4.79 Å². The molecule has 1 fully saturated rings. The van der Waals surface area contributed by atoms with E-state index in [1.54, 1.807) is 30.5 Å². The molecule has 2 heterocycles. The van der Waals surface area contributed by atoms with Crippen molar-refractivity contribution in [3.8, 4) is 0 Å². The molecular weight excluding hydrogens is 366 g/mol. The van der Waals surface area contributed by atoms with Gasteiger partial charge in [0.15, 0.2) is 0 Å². The predicted molar refractivity (Wildman–Crippen MR) is 115 cm³/mol. The average molecular weight is 396 g/mol. The van der Waals surface area contributed by atoms with Gasteiger partial charge in [-0.05, 0) is 37.2 Å². The number of hydrogen-bond donors (Lipinski definition) is 2. The number of amides is 2. The van der Waals surface area contributed by atoms with E-state index in [0.29, 0.717) is 11.3 Å². The van der Waals surface area contributed by atoms with Gasteiger partial charge in [-0.2, -0.15) is 0 Å². The second-order valence-electron chi connectivity index (χ2n) is 7.75. The van der Waals surface area contributed by atoms with Crippen LogP contribution in [0.2, 0.25) is 0 Å². The summed E-state index contributed by atoms with van der Waals surface area (Å²) in [7, 11) is 2.12. The Morgan fingerprint density at radius 1 is 1.00 bits per heavy atom. The fourth-order valence-corrected chi connectivity index (χ4v) is 3.25. The summed E-state index contributed by atoms with van der Waals surface area (Å²) in [6.45, 7) is 7.72. The van der Waals surface area contributed by atoms with E-state index in [2.05, 4.69) is 32.5 Å². The van der Waals surface area contributed by atoms with Gasteiger partial charge in [-0.3, -0.25) is 9.59 Å². The monoisotopic (exact) mass is 395 g/mol. The summed E-state index contributed by atoms with van der Waals surface area (Å²) in [5, 5.41) is 5.71. The van der Waals surface area contributed by atoms with E-state index in [9.17, 15) is 9.59 Å². The molecule has 0 spiro atoms. The number of nitrogens with zero attached hydrogens (tertiary/aromatic N) is 3. The van der Waals surface area contributed by atoms with Gasteiger partial charge in [-0.1, -0.05) is 32.0 Å². The highest BCUT2D eigenvalue weighted by Gasteiger charge is 2.25. The van der Waals surface area contributed by atoms with Crippen LogP contribution in [-0.4, -0.2) is 61.0 Å². The molecule has 2 N–H and O–H groups in total. The maximum Gasteiger partial charge on any atom is 0.251 e. The maximum absolute atomic E-state index is 12.8. The van der Waals surface area contributed by atoms with Crippen molar-refractivity contribution < 1.29 is 9.59 Å². The molecule has 1 aromatic heterocycles. The molecule has 3 rings (SSSR count). The number of hydrogen-bond acceptors (Lipinski definition) is 5. The molecule has 0 aliphatic carbocycles. The van der Waals surface area contributed by atoms with Crippen LogP contribution in [0.1, 0.15) is 24.2 Å². The molecule has 0 saturated carbocycles. The number of anilines is 2. The lowest BCUT2D eigenvalue weighted by Crippen LogP contribution is -2.47. The van der Waals surface area contributed by atoms with Gasteiger partial charge in [0.25, 0.3) is 5.91 Å². The highest BCUT2D eigenvalue weighted by molar-refractivity contribution is 6.01. The van der Waals surface area contributed by atoms with Crippen LogP contribution >= 0.6 is 0 Å². The first-order chi connectivity index (χ1) is 13.9. The SMILES string of the molecule is CC(C)[C@H](NC(=O)c1ccccc1)C(=O)Nc1ccc(N2CCN(C)CC2)nc1. The molecule has 0 bridgehead atoms. The summed E-state index contributed by atoms with van der Waals surface area (Å²) < 4.78 is 0. The minimum Gasteiger partial charge on any atom is -0.354 e. The Morgan fingerprint density at radius 3 is 2.28 bits per heavy atom. The fraction of sp³-hybridized carbons (Fsp3) is 0.409. The van der Waals surface area contributed by atoms with Crippen molar-refractivity contribution >= 4 is 23.3 Å². The van der Waals surface area contributed by atoms with E-state index in [0.717, 1.165) is 32.0 Å². The third-order valence-electron chi connectivity index (χ3n) is 5.11. The molecule has 1 saturated heterocycles. The molecule has 1 aliphatic rings. The van der Waals surface area contributed by atoms with Gasteiger partial charge in [0.1, 0.15) is 11.9 Å². The van der Waals surface area contributed by atoms with E-state index in [1.807, 2.05) is 32.0 Å². The Balaban J connectivity index is 1.61. The number of rotatable bonds is 6. The molecule has 0 unspecified atom stereocenters. The van der Waals surface area contributed by atoms with Crippen LogP contribution in [0.3, 0.4) is 0 Å². The zero-order valence-corrected chi connectivity index (χ0v) is 17.3. The Bertz CT molecular complexity index is 815. The topological polar surface area (TPSA) is 77.6 Å². The Morgan fingerprint density at radius 2 is 1.69 bits per heavy atom. The van der Waals surface area contributed by atoms with E-state index < -0.39 is 6.04 Å². The van der Waals surface area contributed by atoms with Crippen LogP contribution in [0.25, 0.3) is 0 Å². The standard InChI is InChI=1S/C22H29N5O2/c1-16(2)20(25-21(28)17-7-5-4-6-8-17)22(29)24-18-9-10-19(23-15-18)27-13-11-26(3)12-14-27/h4-10,15-16,20H,11-14H2,1-3H3,(H,24,29)(H,25,28)/t20-/m0/s1. The van der Waals surface area contributed by atoms with Gasteiger partial charge in [0, 0.05) is 31.7 Å². The van der Waals surface area contributed by atoms with Crippen molar-refractivity contribution in [3.05, 3.63) is 54.2 Å². The van der Waals surface area contributed by atoms with E-state index in [-0.39, 0.29) is 17.7 Å². The molecule has 2 aromatic rings. The summed E-state index contributed by atoms with van der Waals surface area (Å²) in [6.07, 6.45) is 1.67. The molecule has 154 valence electrons. The largest absolute Gasteiger partial charge is 0.354 e. The maximum atomic E-state index is 12.8. The van der Waals surface area contributed by atoms with Crippen LogP contribution in [0.4, 0.5) is 11.5 Å². The molecule has 7 nitrogen and oxygen atoms in total. The lowest BCUT2D eigenvalue weighted by Gasteiger charge is -2.33. The Hall–Kier alpha value is -2.93. The number of likely N-dealkylation sites (N-methyl/N-ethyl adjacent to an activating group) is 1. The van der Waals surface area contributed by atoms with Crippen molar-refractivity contribution in [1.82, 2.24) is 15.2 Å². The van der Waals surface area contributed by atoms with Crippen molar-refractivity contribution in [2.75, 3.05) is 43.4 Å². The van der Waals surface area contributed by atoms with Gasteiger partial charge >= 0.3 is 0 Å². The van der Waals surface area contributed by atoms with Crippen molar-refractivity contribution in [2.24, 2.45) is 5.92 Å². The van der Waals surface area contributed by atoms with E-state index >= 15 is 0 Å². The fourth-order valence-electron chi connectivity index (χ4n) is 3.25. The Kier molecular flexibility index (Phi) is 6.82. The summed E-state index contributed by atoms with van der Waals surface area (Å²) >= 11 is 0. The normalized spacial score (nSPS) is 15.8. The van der Waals surface area contributed by atoms with Gasteiger partial charge in [0.2, 0.25) is 5.91 Å². The van der Waals surface area contributed by atoms with Crippen LogP contribution in [0, 0.1) is 5.92 Å². The van der Waals surface area contributed by atoms with Gasteiger partial charge in [-0.15, -0.1) is 0 Å². The van der Waals surface area contributed by atoms with Crippen molar-refractivity contribution in [2.45, 2.75) is 19.9 Å². The van der Waals surface area contributed by atoms with Gasteiger partial charge in [-0.25, -0.2) is 4.98 Å². The number of aromatic nitrogens is 1. The second kappa shape index (κ2) is 9.52. The third kappa shape index (κ3) is 5.54. The first kappa shape index (κ1) is 20.8. The molecule has 1 aliphatic heterocycles. The van der Waals surface area contributed by atoms with Crippen LogP contribution in [0.5, 0.6) is 0 Å². The van der Waals surface area contributed by atoms with Crippen molar-refractivity contribution in [1.29, 1.82) is 0 Å². The molecular formula is C22H29N5O2. The molecule has 2 amide bonds. The minimum absolute atomic E-state index is 0.0553. The molecule has 0 radical (unpaired) electrons. The summed E-state index contributed by atoms with van der Waals surface area (Å²) in [5.74, 6) is 0.343. The summed E-state index contributed by atoms with van der Waals surface area (Å²) in [4.78, 5) is 34.3. The minimum atomic E-state index is -0.639.